The van der Waals surface area contributed by atoms with Gasteiger partial charge in [-0.15, -0.1) is 33.2 Å². The van der Waals surface area contributed by atoms with E-state index in [1.54, 1.807) is 21.3 Å². The van der Waals surface area contributed by atoms with Crippen LogP contribution in [0.2, 0.25) is 6.04 Å². The number of hydrogen-bond donors (Lipinski definition) is 0. The normalized spacial score (nSPS) is 11.6. The Morgan fingerprint density at radius 2 is 0.667 bits per heavy atom. The summed E-state index contributed by atoms with van der Waals surface area (Å²) in [7, 11) is 2.78. The smallest absolute Gasteiger partial charge is 0.377 e. The molecule has 0 aliphatic carbocycles. The summed E-state index contributed by atoms with van der Waals surface area (Å²) in [4.78, 5) is 0. The van der Waals surface area contributed by atoms with Gasteiger partial charge in [0.05, 0.1) is 0 Å². The summed E-state index contributed by atoms with van der Waals surface area (Å²) >= 11 is 14.8. The Bertz CT molecular complexity index is 353. The van der Waals surface area contributed by atoms with Gasteiger partial charge in [0.1, 0.15) is 0 Å². The SMILES string of the molecule is CCCCCCCCCCCCCCCCCCCCCC[Si](OC)(OC)OC.Cl[SiH](Cl)Cl. The van der Waals surface area contributed by atoms with Crippen LogP contribution >= 0.6 is 33.2 Å². The summed E-state index contributed by atoms with van der Waals surface area (Å²) in [5.41, 5.74) is 0. The lowest BCUT2D eigenvalue weighted by Crippen LogP contribution is -2.42. The lowest BCUT2D eigenvalue weighted by molar-refractivity contribution is 0.122. The lowest BCUT2D eigenvalue weighted by Gasteiger charge is -2.24. The van der Waals surface area contributed by atoms with E-state index >= 15 is 0 Å². The molecule has 0 aromatic rings. The third-order valence-electron chi connectivity index (χ3n) is 6.27. The Morgan fingerprint density at radius 3 is 0.879 bits per heavy atom. The third kappa shape index (κ3) is 29.3. The molecule has 0 unspecified atom stereocenters. The van der Waals surface area contributed by atoms with Crippen LogP contribution in [0, 0.1) is 0 Å². The van der Waals surface area contributed by atoms with Crippen LogP contribution in [0.3, 0.4) is 0 Å². The fraction of sp³-hybridized carbons (Fsp3) is 1.00. The fourth-order valence-electron chi connectivity index (χ4n) is 4.15. The summed E-state index contributed by atoms with van der Waals surface area (Å²) in [6, 6.07) is 0.940. The second-order valence-electron chi connectivity index (χ2n) is 9.01. The first-order valence-corrected chi connectivity index (χ1v) is 20.7. The topological polar surface area (TPSA) is 27.7 Å². The average Bonchev–Trinajstić information content (AvgIpc) is 2.80. The van der Waals surface area contributed by atoms with E-state index < -0.39 is 15.5 Å². The van der Waals surface area contributed by atoms with Crippen molar-refractivity contribution in [3.05, 3.63) is 0 Å². The molecule has 0 saturated heterocycles. The molecular formula is C25H55Cl3O3Si2. The molecule has 202 valence electrons. The van der Waals surface area contributed by atoms with E-state index in [4.69, 9.17) is 46.5 Å². The number of hydrogen-bond acceptors (Lipinski definition) is 3. The van der Waals surface area contributed by atoms with E-state index in [1.807, 2.05) is 0 Å². The Labute approximate surface area is 224 Å². The molecule has 0 heterocycles. The Kier molecular flexibility index (Phi) is 32.4. The summed E-state index contributed by atoms with van der Waals surface area (Å²) < 4.78 is 16.4. The Balaban J connectivity index is 0. The molecule has 0 saturated carbocycles. The molecule has 0 radical (unpaired) electrons. The second kappa shape index (κ2) is 29.4. The predicted octanol–water partition coefficient (Wildman–Crippen LogP) is 10.1. The first kappa shape index (κ1) is 36.3. The van der Waals surface area contributed by atoms with Crippen molar-refractivity contribution in [1.82, 2.24) is 0 Å². The summed E-state index contributed by atoms with van der Waals surface area (Å²) in [5, 5.41) is 0. The van der Waals surface area contributed by atoms with Crippen LogP contribution in [0.5, 0.6) is 0 Å². The highest BCUT2D eigenvalue weighted by atomic mass is 35.8. The second-order valence-corrected chi connectivity index (χ2v) is 18.5. The monoisotopic (exact) mass is 564 g/mol. The maximum absolute atomic E-state index is 5.47. The van der Waals surface area contributed by atoms with E-state index in [1.165, 1.54) is 122 Å². The van der Waals surface area contributed by atoms with Gasteiger partial charge in [-0.05, 0) is 6.42 Å². The van der Waals surface area contributed by atoms with Gasteiger partial charge in [-0.3, -0.25) is 0 Å². The molecule has 0 bridgehead atoms. The molecule has 0 atom stereocenters. The van der Waals surface area contributed by atoms with Crippen LogP contribution in [0.1, 0.15) is 135 Å². The largest absolute Gasteiger partial charge is 0.500 e. The molecule has 0 aliphatic heterocycles. The van der Waals surface area contributed by atoms with Crippen molar-refractivity contribution < 1.29 is 13.3 Å². The molecule has 0 aromatic carbocycles. The molecule has 0 amide bonds. The third-order valence-corrected chi connectivity index (χ3v) is 9.10. The molecule has 0 rings (SSSR count). The van der Waals surface area contributed by atoms with Crippen molar-refractivity contribution in [3.63, 3.8) is 0 Å². The van der Waals surface area contributed by atoms with Gasteiger partial charge in [0.2, 0.25) is 0 Å². The van der Waals surface area contributed by atoms with Crippen molar-refractivity contribution in [2.75, 3.05) is 21.3 Å². The van der Waals surface area contributed by atoms with Crippen molar-refractivity contribution in [3.8, 4) is 0 Å². The minimum atomic E-state index is -2.33. The van der Waals surface area contributed by atoms with Gasteiger partial charge in [-0.25, -0.2) is 0 Å². The first-order valence-electron chi connectivity index (χ1n) is 13.6. The molecule has 3 nitrogen and oxygen atoms in total. The standard InChI is InChI=1S/C25H54O3Si.Cl3HSi/c1-5-6-7-8-9-10-11-12-13-14-15-16-17-18-19-20-21-22-23-24-25-29(26-2,27-3)28-4;1-4(2)3/h5-25H2,1-4H3;4H. The first-order chi connectivity index (χ1) is 16.0. The van der Waals surface area contributed by atoms with Gasteiger partial charge >= 0.3 is 15.5 Å². The van der Waals surface area contributed by atoms with E-state index in [9.17, 15) is 0 Å². The highest BCUT2D eigenvalue weighted by molar-refractivity contribution is 7.54. The van der Waals surface area contributed by atoms with Crippen LogP contribution in [-0.2, 0) is 13.3 Å². The number of unbranched alkanes of at least 4 members (excludes halogenated alkanes) is 19. The molecule has 0 aliphatic rings. The highest BCUT2D eigenvalue weighted by Gasteiger charge is 2.36. The van der Waals surface area contributed by atoms with Crippen LogP contribution in [-0.4, -0.2) is 36.9 Å². The molecule has 8 heteroatoms. The maximum Gasteiger partial charge on any atom is 0.500 e. The minimum Gasteiger partial charge on any atom is -0.377 e. The molecule has 0 aromatic heterocycles. The zero-order valence-corrected chi connectivity index (χ0v) is 26.7. The molecule has 0 fully saturated rings. The molecule has 0 spiro atoms. The van der Waals surface area contributed by atoms with Gasteiger partial charge in [0, 0.05) is 27.4 Å². The summed E-state index contributed by atoms with van der Waals surface area (Å²) in [5.74, 6) is 0. The van der Waals surface area contributed by atoms with Crippen molar-refractivity contribution in [1.29, 1.82) is 0 Å². The molecular weight excluding hydrogens is 511 g/mol. The van der Waals surface area contributed by atoms with Crippen molar-refractivity contribution >= 4 is 48.8 Å². The van der Waals surface area contributed by atoms with Gasteiger partial charge in [-0.2, -0.15) is 0 Å². The molecule has 0 N–H and O–H groups in total. The van der Waals surface area contributed by atoms with Gasteiger partial charge in [-0.1, -0.05) is 129 Å². The fourth-order valence-corrected chi connectivity index (χ4v) is 5.95. The van der Waals surface area contributed by atoms with E-state index in [2.05, 4.69) is 6.92 Å². The predicted molar refractivity (Wildman–Crippen MR) is 154 cm³/mol. The van der Waals surface area contributed by atoms with Crippen LogP contribution in [0.25, 0.3) is 0 Å². The van der Waals surface area contributed by atoms with Crippen LogP contribution in [0.15, 0.2) is 0 Å². The van der Waals surface area contributed by atoms with Gasteiger partial charge in [0.15, 0.2) is 0 Å². The Hall–Kier alpha value is 1.18. The van der Waals surface area contributed by atoms with Gasteiger partial charge in [0.25, 0.3) is 0 Å². The summed E-state index contributed by atoms with van der Waals surface area (Å²) in [6.45, 7) is 0.573. The van der Waals surface area contributed by atoms with E-state index in [0.29, 0.717) is 0 Å². The van der Waals surface area contributed by atoms with Crippen LogP contribution in [0.4, 0.5) is 0 Å². The molecule has 33 heavy (non-hydrogen) atoms. The van der Waals surface area contributed by atoms with E-state index in [0.717, 1.165) is 12.5 Å². The van der Waals surface area contributed by atoms with E-state index in [-0.39, 0.29) is 0 Å². The Morgan fingerprint density at radius 1 is 0.455 bits per heavy atom. The van der Waals surface area contributed by atoms with Crippen LogP contribution < -0.4 is 0 Å². The number of rotatable bonds is 24. The highest BCUT2D eigenvalue weighted by Crippen LogP contribution is 2.19. The van der Waals surface area contributed by atoms with Crippen molar-refractivity contribution in [2.45, 2.75) is 141 Å². The average molecular weight is 566 g/mol. The minimum absolute atomic E-state index is 0.940. The maximum atomic E-state index is 5.47. The lowest BCUT2D eigenvalue weighted by atomic mass is 10.0. The quantitative estimate of drug-likeness (QED) is 0.0661. The zero-order chi connectivity index (χ0) is 25.0. The van der Waals surface area contributed by atoms with Crippen molar-refractivity contribution in [2.24, 2.45) is 0 Å². The zero-order valence-electron chi connectivity index (χ0n) is 22.3. The summed E-state index contributed by atoms with van der Waals surface area (Å²) in [6.07, 6.45) is 28.3. The van der Waals surface area contributed by atoms with Gasteiger partial charge < -0.3 is 13.3 Å². The number of halogens is 3.